The molecule has 0 bridgehead atoms. The predicted molar refractivity (Wildman–Crippen MR) is 169 cm³/mol. The molecular weight excluding hydrogens is 598 g/mol. The minimum atomic E-state index is -1.02. The van der Waals surface area contributed by atoms with E-state index in [0.717, 1.165) is 21.5 Å². The van der Waals surface area contributed by atoms with Gasteiger partial charge in [0.2, 0.25) is 11.8 Å². The van der Waals surface area contributed by atoms with Gasteiger partial charge in [0.25, 0.3) is 0 Å². The van der Waals surface area contributed by atoms with Crippen LogP contribution in [0.15, 0.2) is 41.4 Å². The number of hydrogen-bond donors (Lipinski definition) is 3. The van der Waals surface area contributed by atoms with Crippen molar-refractivity contribution in [1.82, 2.24) is 19.9 Å². The van der Waals surface area contributed by atoms with Crippen molar-refractivity contribution in [3.63, 3.8) is 0 Å². The zero-order valence-corrected chi connectivity index (χ0v) is 26.9. The maximum Gasteiger partial charge on any atom is 0.410 e. The first-order valence-corrected chi connectivity index (χ1v) is 16.2. The first-order valence-electron chi connectivity index (χ1n) is 15.2. The Labute approximate surface area is 266 Å². The Hall–Kier alpha value is -3.52. The van der Waals surface area contributed by atoms with Crippen LogP contribution in [-0.2, 0) is 27.2 Å². The lowest BCUT2D eigenvalue weighted by Gasteiger charge is -2.43. The smallest absolute Gasteiger partial charge is 0.410 e. The van der Waals surface area contributed by atoms with Gasteiger partial charge in [0.05, 0.1) is 72.0 Å². The predicted octanol–water partition coefficient (Wildman–Crippen LogP) is 4.11. The van der Waals surface area contributed by atoms with E-state index < -0.39 is 36.6 Å². The number of pyridine rings is 3. The zero-order chi connectivity index (χ0) is 32.1. The van der Waals surface area contributed by atoms with Gasteiger partial charge >= 0.3 is 6.09 Å². The number of aryl methyl sites for hydroxylation is 1. The SMILES string of the molecule is COc1ccc2nccc(CC[C@H]3CC[C@@H](N(Cc4ccc5c(n4)NC(=O)CS5)C(=O)OC(C)(C)C)[C@H](C[C@H](O)CO)O3)c2n1. The molecule has 13 heteroatoms. The first kappa shape index (κ1) is 32.9. The average molecular weight is 640 g/mol. The van der Waals surface area contributed by atoms with Gasteiger partial charge in [-0.3, -0.25) is 14.7 Å². The van der Waals surface area contributed by atoms with Crippen LogP contribution in [-0.4, -0.2) is 91.5 Å². The number of fused-ring (bicyclic) bond motifs is 2. The number of carbonyl (C=O) groups excluding carboxylic acids is 2. The number of aliphatic hydroxyl groups is 2. The van der Waals surface area contributed by atoms with Gasteiger partial charge in [-0.05, 0) is 76.3 Å². The molecule has 3 N–H and O–H groups in total. The lowest BCUT2D eigenvalue weighted by Crippen LogP contribution is -2.53. The number of anilines is 1. The maximum absolute atomic E-state index is 13.7. The summed E-state index contributed by atoms with van der Waals surface area (Å²) in [4.78, 5) is 41.8. The molecule has 0 unspecified atom stereocenters. The van der Waals surface area contributed by atoms with Crippen LogP contribution in [0.5, 0.6) is 5.88 Å². The molecule has 5 heterocycles. The number of methoxy groups -OCH3 is 1. The van der Waals surface area contributed by atoms with Crippen LogP contribution in [0.25, 0.3) is 11.0 Å². The average Bonchev–Trinajstić information content (AvgIpc) is 3.01. The van der Waals surface area contributed by atoms with E-state index >= 15 is 0 Å². The van der Waals surface area contributed by atoms with E-state index in [2.05, 4.69) is 20.3 Å². The molecule has 0 aromatic carbocycles. The third-order valence-corrected chi connectivity index (χ3v) is 8.82. The summed E-state index contributed by atoms with van der Waals surface area (Å²) in [6.07, 6.45) is 2.26. The Morgan fingerprint density at radius 2 is 2.02 bits per heavy atom. The monoisotopic (exact) mass is 639 g/mol. The van der Waals surface area contributed by atoms with Crippen molar-refractivity contribution in [3.8, 4) is 5.88 Å². The Balaban J connectivity index is 1.36. The van der Waals surface area contributed by atoms with Crippen molar-refractivity contribution in [2.24, 2.45) is 0 Å². The molecule has 0 spiro atoms. The molecule has 1 fully saturated rings. The highest BCUT2D eigenvalue weighted by molar-refractivity contribution is 8.00. The minimum Gasteiger partial charge on any atom is -0.481 e. The van der Waals surface area contributed by atoms with Crippen molar-refractivity contribution < 1.29 is 34.0 Å². The number of nitrogens with zero attached hydrogens (tertiary/aromatic N) is 4. The molecule has 2 aliphatic rings. The molecule has 242 valence electrons. The van der Waals surface area contributed by atoms with Crippen molar-refractivity contribution in [2.45, 2.75) is 94.3 Å². The number of carbonyl (C=O) groups is 2. The van der Waals surface area contributed by atoms with Crippen LogP contribution < -0.4 is 10.1 Å². The molecule has 2 aliphatic heterocycles. The van der Waals surface area contributed by atoms with E-state index in [-0.39, 0.29) is 25.0 Å². The number of aromatic nitrogens is 3. The van der Waals surface area contributed by atoms with E-state index in [0.29, 0.717) is 48.8 Å². The van der Waals surface area contributed by atoms with Crippen molar-refractivity contribution in [2.75, 3.05) is 24.8 Å². The number of hydrogen-bond acceptors (Lipinski definition) is 11. The maximum atomic E-state index is 13.7. The number of nitrogens with one attached hydrogen (secondary N) is 1. The number of rotatable bonds is 10. The summed E-state index contributed by atoms with van der Waals surface area (Å²) in [7, 11) is 1.58. The minimum absolute atomic E-state index is 0.115. The van der Waals surface area contributed by atoms with Gasteiger partial charge in [0, 0.05) is 18.7 Å². The van der Waals surface area contributed by atoms with Gasteiger partial charge in [0.1, 0.15) is 11.4 Å². The van der Waals surface area contributed by atoms with E-state index in [9.17, 15) is 19.8 Å². The molecule has 3 aromatic heterocycles. The topological polar surface area (TPSA) is 156 Å². The fraction of sp³-hybridized carbons (Fsp3) is 0.531. The van der Waals surface area contributed by atoms with Crippen LogP contribution in [0.4, 0.5) is 10.6 Å². The summed E-state index contributed by atoms with van der Waals surface area (Å²) in [5, 5.41) is 23.0. The largest absolute Gasteiger partial charge is 0.481 e. The summed E-state index contributed by atoms with van der Waals surface area (Å²) in [6.45, 7) is 5.11. The lowest BCUT2D eigenvalue weighted by molar-refractivity contribution is -0.118. The van der Waals surface area contributed by atoms with E-state index in [1.165, 1.54) is 11.8 Å². The van der Waals surface area contributed by atoms with Crippen molar-refractivity contribution in [3.05, 3.63) is 47.8 Å². The van der Waals surface area contributed by atoms with Gasteiger partial charge in [-0.1, -0.05) is 0 Å². The highest BCUT2D eigenvalue weighted by Crippen LogP contribution is 2.33. The molecule has 0 saturated carbocycles. The van der Waals surface area contributed by atoms with Crippen LogP contribution in [0.2, 0.25) is 0 Å². The van der Waals surface area contributed by atoms with Gasteiger partial charge in [-0.15, -0.1) is 11.8 Å². The van der Waals surface area contributed by atoms with Crippen LogP contribution in [0, 0.1) is 0 Å². The fourth-order valence-electron chi connectivity index (χ4n) is 5.67. The van der Waals surface area contributed by atoms with Crippen LogP contribution in [0.1, 0.15) is 57.7 Å². The molecular formula is C32H41N5O7S. The van der Waals surface area contributed by atoms with Gasteiger partial charge < -0.3 is 29.7 Å². The molecule has 1 saturated heterocycles. The van der Waals surface area contributed by atoms with Gasteiger partial charge in [0.15, 0.2) is 0 Å². The second-order valence-electron chi connectivity index (χ2n) is 12.3. The lowest BCUT2D eigenvalue weighted by atomic mass is 9.91. The summed E-state index contributed by atoms with van der Waals surface area (Å²) in [5.41, 5.74) is 2.42. The van der Waals surface area contributed by atoms with Crippen molar-refractivity contribution in [1.29, 1.82) is 0 Å². The standard InChI is InChI=1S/C32H41N5O7S/c1-32(2,3)44-31(41)37(16-20-6-11-26-30(34-20)35-27(40)18-45-26)24-10-8-22(43-25(24)15-21(39)17-38)7-5-19-13-14-33-23-9-12-28(42-4)36-29(19)23/h6,9,11-14,21-22,24-25,38-39H,5,7-8,10,15-18H2,1-4H3,(H,34,35,40)/t21-,22-,24+,25-/m0/s1. The first-order chi connectivity index (χ1) is 21.5. The van der Waals surface area contributed by atoms with Gasteiger partial charge in [-0.2, -0.15) is 0 Å². The van der Waals surface area contributed by atoms with Crippen LogP contribution in [0.3, 0.4) is 0 Å². The summed E-state index contributed by atoms with van der Waals surface area (Å²) < 4.78 is 17.7. The normalized spacial score (nSPS) is 20.7. The summed E-state index contributed by atoms with van der Waals surface area (Å²) in [6, 6.07) is 8.89. The number of thioether (sulfide) groups is 1. The molecule has 0 aliphatic carbocycles. The third kappa shape index (κ3) is 8.40. The quantitative estimate of drug-likeness (QED) is 0.293. The van der Waals surface area contributed by atoms with Crippen molar-refractivity contribution >= 4 is 40.6 Å². The Kier molecular flexibility index (Phi) is 10.4. The Bertz CT molecular complexity index is 1520. The zero-order valence-electron chi connectivity index (χ0n) is 26.1. The van der Waals surface area contributed by atoms with E-state index in [1.54, 1.807) is 45.0 Å². The molecule has 12 nitrogen and oxygen atoms in total. The molecule has 0 radical (unpaired) electrons. The number of ether oxygens (including phenoxy) is 3. The highest BCUT2D eigenvalue weighted by Gasteiger charge is 2.40. The van der Waals surface area contributed by atoms with Crippen LogP contribution >= 0.6 is 11.8 Å². The molecule has 45 heavy (non-hydrogen) atoms. The van der Waals surface area contributed by atoms with E-state index in [4.69, 9.17) is 14.2 Å². The molecule has 2 amide bonds. The third-order valence-electron chi connectivity index (χ3n) is 7.78. The number of aliphatic hydroxyl groups excluding tert-OH is 2. The summed E-state index contributed by atoms with van der Waals surface area (Å²) >= 11 is 1.42. The summed E-state index contributed by atoms with van der Waals surface area (Å²) in [5.74, 6) is 1.19. The molecule has 4 atom stereocenters. The molecule has 5 rings (SSSR count). The Morgan fingerprint density at radius 3 is 2.78 bits per heavy atom. The second kappa shape index (κ2) is 14.3. The molecule has 3 aromatic rings. The Morgan fingerprint density at radius 1 is 1.20 bits per heavy atom. The second-order valence-corrected chi connectivity index (χ2v) is 13.4. The number of amides is 2. The highest BCUT2D eigenvalue weighted by atomic mass is 32.2. The van der Waals surface area contributed by atoms with Gasteiger partial charge in [-0.25, -0.2) is 14.8 Å². The fourth-order valence-corrected chi connectivity index (χ4v) is 6.43. The van der Waals surface area contributed by atoms with E-state index in [1.807, 2.05) is 24.3 Å².